The predicted molar refractivity (Wildman–Crippen MR) is 43.6 cm³/mol. The van der Waals surface area contributed by atoms with Crippen molar-refractivity contribution < 1.29 is 14.4 Å². The van der Waals surface area contributed by atoms with Gasteiger partial charge >= 0.3 is 5.97 Å². The lowest BCUT2D eigenvalue weighted by Gasteiger charge is -1.99. The Morgan fingerprint density at radius 3 is 2.83 bits per heavy atom. The summed E-state index contributed by atoms with van der Waals surface area (Å²) in [4.78, 5) is 26.1. The Hall–Kier alpha value is -1.36. The van der Waals surface area contributed by atoms with E-state index in [4.69, 9.17) is 0 Å². The highest BCUT2D eigenvalue weighted by Gasteiger charge is 2.06. The van der Waals surface area contributed by atoms with Gasteiger partial charge in [0.15, 0.2) is 0 Å². The molecule has 0 atom stereocenters. The molecular weight excluding hydrogens is 178 g/mol. The molecule has 1 amide bonds. The average molecular weight is 185 g/mol. The van der Waals surface area contributed by atoms with E-state index in [0.29, 0.717) is 4.88 Å². The molecule has 0 spiro atoms. The van der Waals surface area contributed by atoms with Gasteiger partial charge in [-0.2, -0.15) is 5.48 Å². The molecule has 0 aliphatic carbocycles. The van der Waals surface area contributed by atoms with Crippen LogP contribution >= 0.6 is 11.3 Å². The SMILES string of the molecule is CC(=O)ONC(=O)c1cccs1. The van der Waals surface area contributed by atoms with Crippen molar-refractivity contribution in [2.45, 2.75) is 6.92 Å². The molecule has 0 unspecified atom stereocenters. The maximum absolute atomic E-state index is 11.0. The van der Waals surface area contributed by atoms with Crippen LogP contribution in [0.5, 0.6) is 0 Å². The summed E-state index contributed by atoms with van der Waals surface area (Å²) in [6.45, 7) is 1.22. The maximum atomic E-state index is 11.0. The Morgan fingerprint density at radius 1 is 1.58 bits per heavy atom. The van der Waals surface area contributed by atoms with Crippen molar-refractivity contribution in [3.63, 3.8) is 0 Å². The van der Waals surface area contributed by atoms with E-state index in [2.05, 4.69) is 4.84 Å². The van der Waals surface area contributed by atoms with Gasteiger partial charge in [0.2, 0.25) is 0 Å². The smallest absolute Gasteiger partial charge is 0.329 e. The maximum Gasteiger partial charge on any atom is 0.329 e. The van der Waals surface area contributed by atoms with E-state index >= 15 is 0 Å². The topological polar surface area (TPSA) is 55.4 Å². The third kappa shape index (κ3) is 2.35. The number of carbonyl (C=O) groups is 2. The van der Waals surface area contributed by atoms with Gasteiger partial charge < -0.3 is 4.84 Å². The molecule has 0 fully saturated rings. The Morgan fingerprint density at radius 2 is 2.33 bits per heavy atom. The van der Waals surface area contributed by atoms with Crippen LogP contribution in [-0.2, 0) is 9.63 Å². The van der Waals surface area contributed by atoms with Crippen molar-refractivity contribution in [3.8, 4) is 0 Å². The molecule has 0 aliphatic heterocycles. The molecule has 1 aromatic heterocycles. The van der Waals surface area contributed by atoms with Crippen LogP contribution in [0.4, 0.5) is 0 Å². The number of nitrogens with one attached hydrogen (secondary N) is 1. The normalized spacial score (nSPS) is 9.08. The second-order valence-corrected chi connectivity index (χ2v) is 2.95. The van der Waals surface area contributed by atoms with Crippen LogP contribution < -0.4 is 5.48 Å². The van der Waals surface area contributed by atoms with Crippen LogP contribution in [0, 0.1) is 0 Å². The summed E-state index contributed by atoms with van der Waals surface area (Å²) >= 11 is 1.28. The van der Waals surface area contributed by atoms with E-state index in [1.807, 2.05) is 5.48 Å². The first kappa shape index (κ1) is 8.73. The monoisotopic (exact) mass is 185 g/mol. The van der Waals surface area contributed by atoms with Gasteiger partial charge in [-0.3, -0.25) is 9.59 Å². The second-order valence-electron chi connectivity index (χ2n) is 2.00. The van der Waals surface area contributed by atoms with E-state index in [0.717, 1.165) is 0 Å². The van der Waals surface area contributed by atoms with Crippen LogP contribution in [0.1, 0.15) is 16.6 Å². The van der Waals surface area contributed by atoms with E-state index in [-0.39, 0.29) is 0 Å². The second kappa shape index (κ2) is 3.87. The van der Waals surface area contributed by atoms with Gasteiger partial charge in [0.25, 0.3) is 5.91 Å². The van der Waals surface area contributed by atoms with E-state index < -0.39 is 11.9 Å². The number of hydroxylamine groups is 1. The highest BCUT2D eigenvalue weighted by molar-refractivity contribution is 7.12. The summed E-state index contributed by atoms with van der Waals surface area (Å²) in [5.74, 6) is -0.944. The third-order valence-electron chi connectivity index (χ3n) is 1.03. The fraction of sp³-hybridized carbons (Fsp3) is 0.143. The first-order valence-corrected chi connectivity index (χ1v) is 4.09. The highest BCUT2D eigenvalue weighted by atomic mass is 32.1. The van der Waals surface area contributed by atoms with Gasteiger partial charge in [-0.25, -0.2) is 0 Å². The van der Waals surface area contributed by atoms with Crippen LogP contribution in [0.2, 0.25) is 0 Å². The zero-order valence-electron chi connectivity index (χ0n) is 6.37. The summed E-state index contributed by atoms with van der Waals surface area (Å²) in [6.07, 6.45) is 0. The van der Waals surface area contributed by atoms with E-state index in [1.54, 1.807) is 17.5 Å². The lowest BCUT2D eigenvalue weighted by atomic mass is 10.5. The number of amides is 1. The fourth-order valence-corrected chi connectivity index (χ4v) is 1.19. The van der Waals surface area contributed by atoms with Crippen molar-refractivity contribution in [2.75, 3.05) is 0 Å². The molecule has 0 saturated heterocycles. The van der Waals surface area contributed by atoms with Gasteiger partial charge in [0.1, 0.15) is 0 Å². The number of hydrogen-bond acceptors (Lipinski definition) is 4. The fourth-order valence-electron chi connectivity index (χ4n) is 0.576. The lowest BCUT2D eigenvalue weighted by Crippen LogP contribution is -2.24. The largest absolute Gasteiger partial charge is 0.341 e. The van der Waals surface area contributed by atoms with Crippen molar-refractivity contribution >= 4 is 23.2 Å². The minimum atomic E-state index is -0.542. The van der Waals surface area contributed by atoms with Crippen molar-refractivity contribution in [2.24, 2.45) is 0 Å². The Kier molecular flexibility index (Phi) is 2.82. The Bertz CT molecular complexity index is 281. The molecule has 1 rings (SSSR count). The standard InChI is InChI=1S/C7H7NO3S/c1-5(9)11-8-7(10)6-3-2-4-12-6/h2-4H,1H3,(H,8,10). The molecule has 0 bridgehead atoms. The van der Waals surface area contributed by atoms with Gasteiger partial charge in [-0.1, -0.05) is 6.07 Å². The average Bonchev–Trinajstić information content (AvgIpc) is 2.51. The molecule has 1 heterocycles. The zero-order valence-corrected chi connectivity index (χ0v) is 7.18. The molecule has 4 nitrogen and oxygen atoms in total. The van der Waals surface area contributed by atoms with Gasteiger partial charge in [-0.15, -0.1) is 11.3 Å². The highest BCUT2D eigenvalue weighted by Crippen LogP contribution is 2.07. The lowest BCUT2D eigenvalue weighted by molar-refractivity contribution is -0.146. The van der Waals surface area contributed by atoms with Gasteiger partial charge in [0, 0.05) is 6.92 Å². The summed E-state index contributed by atoms with van der Waals surface area (Å²) in [5, 5.41) is 1.77. The molecule has 5 heteroatoms. The van der Waals surface area contributed by atoms with Crippen LogP contribution in [0.15, 0.2) is 17.5 Å². The van der Waals surface area contributed by atoms with Gasteiger partial charge in [0.05, 0.1) is 4.88 Å². The minimum Gasteiger partial charge on any atom is -0.341 e. The number of hydrogen-bond donors (Lipinski definition) is 1. The predicted octanol–water partition coefficient (Wildman–Crippen LogP) is 0.956. The zero-order chi connectivity index (χ0) is 8.97. The van der Waals surface area contributed by atoms with E-state index in [1.165, 1.54) is 18.3 Å². The summed E-state index contributed by atoms with van der Waals surface area (Å²) in [6, 6.07) is 3.39. The quantitative estimate of drug-likeness (QED) is 0.663. The molecule has 1 N–H and O–H groups in total. The van der Waals surface area contributed by atoms with Crippen LogP contribution in [0.3, 0.4) is 0 Å². The van der Waals surface area contributed by atoms with Crippen molar-refractivity contribution in [1.82, 2.24) is 5.48 Å². The van der Waals surface area contributed by atoms with Crippen molar-refractivity contribution in [1.29, 1.82) is 0 Å². The molecule has 0 saturated carbocycles. The van der Waals surface area contributed by atoms with Crippen LogP contribution in [0.25, 0.3) is 0 Å². The van der Waals surface area contributed by atoms with Gasteiger partial charge in [-0.05, 0) is 11.4 Å². The molecule has 0 aromatic carbocycles. The third-order valence-corrected chi connectivity index (χ3v) is 1.90. The van der Waals surface area contributed by atoms with Crippen LogP contribution in [-0.4, -0.2) is 11.9 Å². The molecule has 0 radical (unpaired) electrons. The minimum absolute atomic E-state index is 0.403. The summed E-state index contributed by atoms with van der Waals surface area (Å²) in [7, 11) is 0. The molecule has 0 aliphatic rings. The first-order chi connectivity index (χ1) is 5.70. The Labute approximate surface area is 73.1 Å². The number of thiophene rings is 1. The first-order valence-electron chi connectivity index (χ1n) is 3.21. The Balaban J connectivity index is 2.45. The molecule has 1 aromatic rings. The summed E-state index contributed by atoms with van der Waals surface area (Å²) in [5.41, 5.74) is 2.01. The summed E-state index contributed by atoms with van der Waals surface area (Å²) < 4.78 is 0. The van der Waals surface area contributed by atoms with E-state index in [9.17, 15) is 9.59 Å². The molecule has 12 heavy (non-hydrogen) atoms. The van der Waals surface area contributed by atoms with Crippen molar-refractivity contribution in [3.05, 3.63) is 22.4 Å². The molecule has 64 valence electrons. The number of rotatable bonds is 1. The number of carbonyl (C=O) groups excluding carboxylic acids is 2. The molecular formula is C7H7NO3S.